The first kappa shape index (κ1) is 24.3. The first-order valence-corrected chi connectivity index (χ1v) is 12.7. The summed E-state index contributed by atoms with van der Waals surface area (Å²) in [5.41, 5.74) is 2.86. The Morgan fingerprint density at radius 2 is 1.63 bits per heavy atom. The van der Waals surface area contributed by atoms with Crippen LogP contribution in [0.25, 0.3) is 0 Å². The van der Waals surface area contributed by atoms with Crippen molar-refractivity contribution in [3.63, 3.8) is 0 Å². The van der Waals surface area contributed by atoms with Crippen molar-refractivity contribution in [3.05, 3.63) is 100 Å². The molecule has 0 unspecified atom stereocenters. The Morgan fingerprint density at radius 1 is 0.921 bits per heavy atom. The minimum atomic E-state index is -1.06. The van der Waals surface area contributed by atoms with E-state index in [1.54, 1.807) is 6.07 Å². The van der Waals surface area contributed by atoms with Crippen LogP contribution in [0.1, 0.15) is 23.6 Å². The largest absolute Gasteiger partial charge is 0.271 e. The van der Waals surface area contributed by atoms with Gasteiger partial charge in [-0.1, -0.05) is 89.1 Å². The number of fused-ring (bicyclic) bond motifs is 1. The van der Waals surface area contributed by atoms with Crippen molar-refractivity contribution in [2.75, 3.05) is 11.4 Å². The number of halogens is 2. The lowest BCUT2D eigenvalue weighted by molar-refractivity contribution is -0.135. The maximum Gasteiger partial charge on any atom is 0.264 e. The van der Waals surface area contributed by atoms with Crippen LogP contribution in [0.2, 0.25) is 10.0 Å². The smallest absolute Gasteiger partial charge is 0.264 e. The van der Waals surface area contributed by atoms with E-state index in [4.69, 9.17) is 23.2 Å². The van der Waals surface area contributed by atoms with E-state index in [1.807, 2.05) is 60.7 Å². The summed E-state index contributed by atoms with van der Waals surface area (Å²) in [6, 6.07) is 21.4. The van der Waals surface area contributed by atoms with Gasteiger partial charge in [-0.05, 0) is 29.3 Å². The van der Waals surface area contributed by atoms with E-state index in [1.165, 1.54) is 22.2 Å². The van der Waals surface area contributed by atoms with Crippen LogP contribution in [-0.2, 0) is 14.4 Å². The Balaban J connectivity index is 1.26. The van der Waals surface area contributed by atoms with Gasteiger partial charge in [-0.3, -0.25) is 19.4 Å². The quantitative estimate of drug-likeness (QED) is 0.434. The summed E-state index contributed by atoms with van der Waals surface area (Å²) < 4.78 is 0. The van der Waals surface area contributed by atoms with Gasteiger partial charge >= 0.3 is 0 Å². The summed E-state index contributed by atoms with van der Waals surface area (Å²) in [5.74, 6) is -1.49. The van der Waals surface area contributed by atoms with Gasteiger partial charge in [0.15, 0.2) is 12.1 Å². The zero-order valence-corrected chi connectivity index (χ0v) is 21.3. The minimum absolute atomic E-state index is 0.157. The number of benzene rings is 3. The minimum Gasteiger partial charge on any atom is -0.271 e. The topological polar surface area (TPSA) is 98.0 Å². The van der Waals surface area contributed by atoms with Gasteiger partial charge in [-0.15, -0.1) is 0 Å². The number of hydrogen-bond acceptors (Lipinski definition) is 7. The number of amides is 3. The molecule has 0 spiro atoms. The molecule has 3 atom stereocenters. The second-order valence-electron chi connectivity index (χ2n) is 9.08. The SMILES string of the molecule is O=C1[C@@H]2N=NN(CC(=O)N3N=C(c4ccccc4)C[C@H]3c3ccccc3)[C@H]2C(=O)N1c1ccc(Cl)cc1Cl. The van der Waals surface area contributed by atoms with Gasteiger partial charge in [0.05, 0.1) is 22.5 Å². The number of anilines is 1. The van der Waals surface area contributed by atoms with Gasteiger partial charge < -0.3 is 0 Å². The van der Waals surface area contributed by atoms with E-state index in [2.05, 4.69) is 15.4 Å². The lowest BCUT2D eigenvalue weighted by atomic mass is 9.98. The fourth-order valence-electron chi connectivity index (χ4n) is 4.95. The molecule has 6 rings (SSSR count). The van der Waals surface area contributed by atoms with Crippen molar-refractivity contribution in [3.8, 4) is 0 Å². The Bertz CT molecular complexity index is 1500. The molecule has 0 aromatic heterocycles. The summed E-state index contributed by atoms with van der Waals surface area (Å²) in [6.45, 7) is -0.277. The summed E-state index contributed by atoms with van der Waals surface area (Å²) in [6.07, 6.45) is 0.535. The van der Waals surface area contributed by atoms with Crippen molar-refractivity contribution in [1.29, 1.82) is 0 Å². The molecule has 0 aliphatic carbocycles. The molecule has 3 heterocycles. The average Bonchev–Trinajstić information content (AvgIpc) is 3.61. The predicted molar refractivity (Wildman–Crippen MR) is 142 cm³/mol. The molecule has 3 aliphatic heterocycles. The van der Waals surface area contributed by atoms with Crippen molar-refractivity contribution < 1.29 is 14.4 Å². The van der Waals surface area contributed by atoms with Gasteiger partial charge in [-0.2, -0.15) is 10.2 Å². The molecule has 1 fully saturated rings. The van der Waals surface area contributed by atoms with E-state index in [9.17, 15) is 14.4 Å². The van der Waals surface area contributed by atoms with Crippen LogP contribution in [0.15, 0.2) is 94.3 Å². The maximum atomic E-state index is 13.6. The van der Waals surface area contributed by atoms with Gasteiger partial charge in [-0.25, -0.2) is 9.91 Å². The van der Waals surface area contributed by atoms with Gasteiger partial charge in [0, 0.05) is 11.4 Å². The number of hydrogen-bond donors (Lipinski definition) is 0. The molecule has 3 aromatic carbocycles. The molecule has 190 valence electrons. The predicted octanol–water partition coefficient (Wildman–Crippen LogP) is 4.66. The zero-order valence-electron chi connectivity index (χ0n) is 19.8. The molecule has 3 aromatic rings. The standard InChI is InChI=1S/C27H20Cl2N6O3/c28-18-11-12-21(19(29)13-18)34-26(37)24-25(27(34)38)33(32-30-24)15-23(36)35-22(17-9-5-2-6-10-17)14-20(31-35)16-7-3-1-4-8-16/h1-13,22,24-25H,14-15H2/t22-,24+,25+/m0/s1. The fraction of sp³-hybridized carbons (Fsp3) is 0.185. The number of rotatable bonds is 5. The van der Waals surface area contributed by atoms with Crippen LogP contribution in [0.3, 0.4) is 0 Å². The highest BCUT2D eigenvalue weighted by Gasteiger charge is 2.55. The Morgan fingerprint density at radius 3 is 2.34 bits per heavy atom. The van der Waals surface area contributed by atoms with Crippen molar-refractivity contribution in [1.82, 2.24) is 10.0 Å². The number of hydrazone groups is 1. The molecule has 3 amide bonds. The molecule has 1 saturated heterocycles. The average molecular weight is 547 g/mol. The normalized spacial score (nSPS) is 22.3. The Labute approximate surface area is 227 Å². The van der Waals surface area contributed by atoms with Gasteiger partial charge in [0.1, 0.15) is 6.54 Å². The van der Waals surface area contributed by atoms with E-state index in [0.29, 0.717) is 11.4 Å². The first-order chi connectivity index (χ1) is 18.4. The van der Waals surface area contributed by atoms with Crippen molar-refractivity contribution in [2.24, 2.45) is 15.4 Å². The highest BCUT2D eigenvalue weighted by Crippen LogP contribution is 2.37. The number of carbonyl (C=O) groups is 3. The second kappa shape index (κ2) is 9.66. The van der Waals surface area contributed by atoms with Crippen LogP contribution in [0, 0.1) is 0 Å². The lowest BCUT2D eigenvalue weighted by Crippen LogP contribution is -2.44. The van der Waals surface area contributed by atoms with Crippen molar-refractivity contribution in [2.45, 2.75) is 24.5 Å². The van der Waals surface area contributed by atoms with E-state index >= 15 is 0 Å². The van der Waals surface area contributed by atoms with Crippen LogP contribution < -0.4 is 4.90 Å². The molecule has 0 saturated carbocycles. The van der Waals surface area contributed by atoms with Gasteiger partial charge in [0.2, 0.25) is 0 Å². The molecule has 9 nitrogen and oxygen atoms in total. The van der Waals surface area contributed by atoms with E-state index in [0.717, 1.165) is 21.7 Å². The van der Waals surface area contributed by atoms with Crippen LogP contribution >= 0.6 is 23.2 Å². The molecule has 0 N–H and O–H groups in total. The Kier molecular flexibility index (Phi) is 6.17. The van der Waals surface area contributed by atoms with E-state index < -0.39 is 23.9 Å². The molecular formula is C27H20Cl2N6O3. The molecule has 3 aliphatic rings. The monoisotopic (exact) mass is 546 g/mol. The molecule has 0 radical (unpaired) electrons. The first-order valence-electron chi connectivity index (χ1n) is 11.9. The lowest BCUT2D eigenvalue weighted by Gasteiger charge is -2.25. The fourth-order valence-corrected chi connectivity index (χ4v) is 5.44. The molecule has 38 heavy (non-hydrogen) atoms. The third kappa shape index (κ3) is 4.13. The Hall–Kier alpha value is -4.08. The van der Waals surface area contributed by atoms with Gasteiger partial charge in [0.25, 0.3) is 17.7 Å². The van der Waals surface area contributed by atoms with Crippen molar-refractivity contribution >= 4 is 52.3 Å². The molecule has 0 bridgehead atoms. The summed E-state index contributed by atoms with van der Waals surface area (Å²) in [5, 5.41) is 15.9. The third-order valence-electron chi connectivity index (χ3n) is 6.76. The highest BCUT2D eigenvalue weighted by molar-refractivity contribution is 6.38. The number of imide groups is 1. The molecule has 11 heteroatoms. The third-order valence-corrected chi connectivity index (χ3v) is 7.30. The molecular weight excluding hydrogens is 527 g/mol. The number of nitrogens with zero attached hydrogens (tertiary/aromatic N) is 6. The second-order valence-corrected chi connectivity index (χ2v) is 9.93. The maximum absolute atomic E-state index is 13.6. The van der Waals surface area contributed by atoms with Crippen LogP contribution in [0.4, 0.5) is 5.69 Å². The highest BCUT2D eigenvalue weighted by atomic mass is 35.5. The summed E-state index contributed by atoms with van der Waals surface area (Å²) in [7, 11) is 0. The van der Waals surface area contributed by atoms with Crippen LogP contribution in [0.5, 0.6) is 0 Å². The zero-order chi connectivity index (χ0) is 26.4. The van der Waals surface area contributed by atoms with Crippen LogP contribution in [-0.4, -0.2) is 52.1 Å². The summed E-state index contributed by atoms with van der Waals surface area (Å²) in [4.78, 5) is 41.0. The summed E-state index contributed by atoms with van der Waals surface area (Å²) >= 11 is 12.2. The van der Waals surface area contributed by atoms with E-state index in [-0.39, 0.29) is 29.2 Å². The number of carbonyl (C=O) groups excluding carboxylic acids is 3.